The molecule has 38 heavy (non-hydrogen) atoms. The minimum atomic E-state index is 0.942. The summed E-state index contributed by atoms with van der Waals surface area (Å²) in [6, 6.07) is 38.5. The van der Waals surface area contributed by atoms with E-state index >= 15 is 0 Å². The van der Waals surface area contributed by atoms with E-state index in [1.807, 2.05) is 28.6 Å². The number of aromatic nitrogens is 5. The Morgan fingerprint density at radius 1 is 0.579 bits per heavy atom. The third-order valence-corrected chi connectivity index (χ3v) is 7.36. The van der Waals surface area contributed by atoms with Crippen LogP contribution in [0.2, 0.25) is 0 Å². The van der Waals surface area contributed by atoms with Crippen LogP contribution >= 0.6 is 0 Å². The first-order chi connectivity index (χ1) is 18.8. The number of fused-ring (bicyclic) bond motifs is 6. The lowest BCUT2D eigenvalue weighted by atomic mass is 10.1. The molecule has 0 saturated heterocycles. The van der Waals surface area contributed by atoms with Gasteiger partial charge in [0.2, 0.25) is 6.33 Å². The normalized spacial score (nSPS) is 11.8. The first kappa shape index (κ1) is 21.0. The van der Waals surface area contributed by atoms with E-state index in [0.29, 0.717) is 0 Å². The predicted molar refractivity (Wildman–Crippen MR) is 152 cm³/mol. The molecule has 5 nitrogen and oxygen atoms in total. The van der Waals surface area contributed by atoms with E-state index in [4.69, 9.17) is 4.98 Å². The van der Waals surface area contributed by atoms with E-state index in [1.54, 1.807) is 0 Å². The first-order valence-electron chi connectivity index (χ1n) is 12.7. The molecule has 0 radical (unpaired) electrons. The van der Waals surface area contributed by atoms with Crippen molar-refractivity contribution in [2.75, 3.05) is 0 Å². The lowest BCUT2D eigenvalue weighted by molar-refractivity contribution is -0.674. The second-order valence-electron chi connectivity index (χ2n) is 9.67. The van der Waals surface area contributed by atoms with Crippen molar-refractivity contribution in [3.63, 3.8) is 0 Å². The zero-order chi connectivity index (χ0) is 25.2. The Balaban J connectivity index is 1.50. The molecule has 5 heteroatoms. The molecule has 0 fully saturated rings. The molecular weight excluding hydrogens is 466 g/mol. The minimum Gasteiger partial charge on any atom is -0.326 e. The molecule has 0 aliphatic carbocycles. The number of para-hydroxylation sites is 3. The molecule has 4 heterocycles. The molecule has 0 N–H and O–H groups in total. The average Bonchev–Trinajstić information content (AvgIpc) is 3.64. The molecule has 4 aromatic carbocycles. The van der Waals surface area contributed by atoms with Gasteiger partial charge < -0.3 is 9.13 Å². The Hall–Kier alpha value is -5.16. The maximum atomic E-state index is 5.42. The van der Waals surface area contributed by atoms with Gasteiger partial charge in [0.1, 0.15) is 11.3 Å². The van der Waals surface area contributed by atoms with Gasteiger partial charge in [-0.1, -0.05) is 66.7 Å². The largest absolute Gasteiger partial charge is 0.326 e. The van der Waals surface area contributed by atoms with Crippen molar-refractivity contribution >= 4 is 43.9 Å². The van der Waals surface area contributed by atoms with Crippen LogP contribution in [0.5, 0.6) is 0 Å². The molecule has 0 bridgehead atoms. The highest BCUT2D eigenvalue weighted by atomic mass is 15.1. The van der Waals surface area contributed by atoms with Gasteiger partial charge in [-0.05, 0) is 42.5 Å². The van der Waals surface area contributed by atoms with Crippen LogP contribution in [0.4, 0.5) is 0 Å². The SMILES string of the molecule is C[n+]1[c-]n(-c2cccc(-n3c4ccccc4c4cc5c6ccccc6n(-c6ccccc6)c5nc43)c2)cc1. The van der Waals surface area contributed by atoms with Gasteiger partial charge in [-0.3, -0.25) is 9.13 Å². The van der Waals surface area contributed by atoms with E-state index in [2.05, 4.69) is 125 Å². The minimum absolute atomic E-state index is 0.942. The van der Waals surface area contributed by atoms with Crippen LogP contribution in [0.3, 0.4) is 0 Å². The zero-order valence-corrected chi connectivity index (χ0v) is 20.8. The summed E-state index contributed by atoms with van der Waals surface area (Å²) < 4.78 is 8.49. The Kier molecular flexibility index (Phi) is 4.37. The molecule has 8 rings (SSSR count). The molecule has 0 aliphatic heterocycles. The van der Waals surface area contributed by atoms with Crippen LogP contribution in [0, 0.1) is 6.33 Å². The molecule has 180 valence electrons. The molecule has 0 unspecified atom stereocenters. The van der Waals surface area contributed by atoms with Gasteiger partial charge in [-0.15, -0.1) is 0 Å². The second kappa shape index (κ2) is 7.92. The summed E-state index contributed by atoms with van der Waals surface area (Å²) in [4.78, 5) is 5.42. The van der Waals surface area contributed by atoms with Crippen molar-refractivity contribution in [3.8, 4) is 17.1 Å². The summed E-state index contributed by atoms with van der Waals surface area (Å²) in [6.07, 6.45) is 7.32. The molecule has 0 aliphatic rings. The van der Waals surface area contributed by atoms with Crippen molar-refractivity contribution in [1.29, 1.82) is 0 Å². The van der Waals surface area contributed by atoms with Crippen molar-refractivity contribution in [1.82, 2.24) is 18.7 Å². The van der Waals surface area contributed by atoms with E-state index in [1.165, 1.54) is 10.8 Å². The van der Waals surface area contributed by atoms with E-state index in [-0.39, 0.29) is 0 Å². The lowest BCUT2D eigenvalue weighted by Gasteiger charge is -2.11. The number of benzene rings is 4. The monoisotopic (exact) mass is 489 g/mol. The molecule has 0 amide bonds. The maximum absolute atomic E-state index is 5.42. The number of hydrogen-bond donors (Lipinski definition) is 0. The first-order valence-corrected chi connectivity index (χ1v) is 12.7. The van der Waals surface area contributed by atoms with E-state index < -0.39 is 0 Å². The number of aryl methyl sites for hydroxylation is 1. The number of nitrogens with zero attached hydrogens (tertiary/aromatic N) is 5. The van der Waals surface area contributed by atoms with Gasteiger partial charge in [-0.2, -0.15) is 0 Å². The van der Waals surface area contributed by atoms with Crippen LogP contribution in [0.15, 0.2) is 122 Å². The fraction of sp³-hybridized carbons (Fsp3) is 0.0303. The van der Waals surface area contributed by atoms with Crippen molar-refractivity contribution in [2.45, 2.75) is 0 Å². The van der Waals surface area contributed by atoms with Gasteiger partial charge >= 0.3 is 0 Å². The summed E-state index contributed by atoms with van der Waals surface area (Å²) in [5, 5.41) is 4.70. The highest BCUT2D eigenvalue weighted by Gasteiger charge is 2.19. The topological polar surface area (TPSA) is 31.6 Å². The van der Waals surface area contributed by atoms with Gasteiger partial charge in [0.15, 0.2) is 0 Å². The molecule has 8 aromatic rings. The van der Waals surface area contributed by atoms with Crippen LogP contribution in [0.25, 0.3) is 60.9 Å². The quantitative estimate of drug-likeness (QED) is 0.201. The fourth-order valence-corrected chi connectivity index (χ4v) is 5.68. The summed E-state index contributed by atoms with van der Waals surface area (Å²) in [6.45, 7) is 0. The maximum Gasteiger partial charge on any atom is 0.243 e. The number of imidazole rings is 1. The Morgan fingerprint density at radius 3 is 1.82 bits per heavy atom. The second-order valence-corrected chi connectivity index (χ2v) is 9.67. The van der Waals surface area contributed by atoms with Crippen molar-refractivity contribution in [2.24, 2.45) is 7.05 Å². The summed E-state index contributed by atoms with van der Waals surface area (Å²) in [7, 11) is 1.98. The smallest absolute Gasteiger partial charge is 0.243 e. The van der Waals surface area contributed by atoms with E-state index in [9.17, 15) is 0 Å². The third kappa shape index (κ3) is 2.99. The van der Waals surface area contributed by atoms with Crippen molar-refractivity contribution in [3.05, 3.63) is 128 Å². The van der Waals surface area contributed by atoms with Gasteiger partial charge in [-0.25, -0.2) is 4.98 Å². The highest BCUT2D eigenvalue weighted by molar-refractivity contribution is 6.16. The number of pyridine rings is 1. The summed E-state index contributed by atoms with van der Waals surface area (Å²) >= 11 is 0. The van der Waals surface area contributed by atoms with E-state index in [0.717, 1.165) is 50.2 Å². The zero-order valence-electron chi connectivity index (χ0n) is 20.8. The van der Waals surface area contributed by atoms with Gasteiger partial charge in [0.25, 0.3) is 0 Å². The van der Waals surface area contributed by atoms with Crippen LogP contribution < -0.4 is 4.57 Å². The fourth-order valence-electron chi connectivity index (χ4n) is 5.68. The number of hydrogen-bond acceptors (Lipinski definition) is 1. The van der Waals surface area contributed by atoms with Crippen LogP contribution in [-0.2, 0) is 7.05 Å². The van der Waals surface area contributed by atoms with Crippen LogP contribution in [0.1, 0.15) is 0 Å². The molecule has 0 saturated carbocycles. The highest BCUT2D eigenvalue weighted by Crippen LogP contribution is 2.37. The third-order valence-electron chi connectivity index (χ3n) is 7.36. The Bertz CT molecular complexity index is 2140. The number of rotatable bonds is 3. The van der Waals surface area contributed by atoms with Crippen molar-refractivity contribution < 1.29 is 4.57 Å². The molecule has 4 aromatic heterocycles. The Morgan fingerprint density at radius 2 is 1.16 bits per heavy atom. The lowest BCUT2D eigenvalue weighted by Crippen LogP contribution is -2.24. The average molecular weight is 490 g/mol. The van der Waals surface area contributed by atoms with Gasteiger partial charge in [0, 0.05) is 45.3 Å². The predicted octanol–water partition coefficient (Wildman–Crippen LogP) is 6.69. The molecular formula is C33H23N5. The summed E-state index contributed by atoms with van der Waals surface area (Å²) in [5.41, 5.74) is 7.40. The standard InChI is InChI=1S/C33H23N5/c1-35-18-19-36(22-35)24-12-9-13-25(20-24)38-31-17-8-6-15-27(31)29-21-28-26-14-5-7-16-30(26)37(32(28)34-33(29)38)23-10-3-2-4-11-23/h2-21H,1H3. The van der Waals surface area contributed by atoms with Crippen LogP contribution in [-0.4, -0.2) is 18.7 Å². The molecule has 0 atom stereocenters. The summed E-state index contributed by atoms with van der Waals surface area (Å²) in [5.74, 6) is 0. The Labute approximate surface area is 219 Å². The van der Waals surface area contributed by atoms with Gasteiger partial charge in [0.05, 0.1) is 23.8 Å². The molecule has 0 spiro atoms.